The van der Waals surface area contributed by atoms with Gasteiger partial charge in [-0.15, -0.1) is 5.92 Å². The van der Waals surface area contributed by atoms with E-state index in [1.54, 1.807) is 33.7 Å². The summed E-state index contributed by atoms with van der Waals surface area (Å²) in [6.45, 7) is 7.12. The lowest BCUT2D eigenvalue weighted by Gasteiger charge is -2.72. The van der Waals surface area contributed by atoms with Crippen molar-refractivity contribution in [3.8, 4) is 11.8 Å². The van der Waals surface area contributed by atoms with Gasteiger partial charge in [-0.05, 0) is 237 Å². The van der Waals surface area contributed by atoms with Gasteiger partial charge in [-0.2, -0.15) is 0 Å². The summed E-state index contributed by atoms with van der Waals surface area (Å²) in [5.74, 6) is 11.0. The van der Waals surface area contributed by atoms with Crippen molar-refractivity contribution in [3.05, 3.63) is 130 Å². The molecular formula is C81H100O7S2. The fraction of sp³-hybridized carbons (Fsp3) is 0.654. The fourth-order valence-electron chi connectivity index (χ4n) is 25.3. The molecule has 4 bridgehead atoms. The number of carbonyl (C=O) groups excluding carboxylic acids is 2. The summed E-state index contributed by atoms with van der Waals surface area (Å²) in [5, 5.41) is 46.4. The van der Waals surface area contributed by atoms with Crippen LogP contribution in [0.15, 0.2) is 103 Å². The van der Waals surface area contributed by atoms with Crippen LogP contribution in [0.2, 0.25) is 0 Å². The summed E-state index contributed by atoms with van der Waals surface area (Å²) in [6.07, 6.45) is 23.8. The van der Waals surface area contributed by atoms with Crippen LogP contribution >= 0.6 is 21.6 Å². The third-order valence-electron chi connectivity index (χ3n) is 29.1. The summed E-state index contributed by atoms with van der Waals surface area (Å²) in [6, 6.07) is 35.3. The summed E-state index contributed by atoms with van der Waals surface area (Å²) >= 11 is 0. The highest BCUT2D eigenvalue weighted by atomic mass is 33.1. The van der Waals surface area contributed by atoms with Crippen LogP contribution in [-0.4, -0.2) is 69.3 Å². The highest BCUT2D eigenvalue weighted by molar-refractivity contribution is 8.76. The van der Waals surface area contributed by atoms with Crippen LogP contribution in [0.5, 0.6) is 0 Å². The molecule has 0 amide bonds. The molecular weight excluding hydrogens is 1150 g/mol. The number of aliphatic hydroxyl groups is 3. The summed E-state index contributed by atoms with van der Waals surface area (Å²) in [4.78, 5) is 29.2. The van der Waals surface area contributed by atoms with Crippen molar-refractivity contribution in [1.82, 2.24) is 0 Å². The molecule has 0 aromatic heterocycles. The Morgan fingerprint density at radius 3 is 2.24 bits per heavy atom. The van der Waals surface area contributed by atoms with Gasteiger partial charge in [-0.1, -0.05) is 171 Å². The van der Waals surface area contributed by atoms with Gasteiger partial charge in [0.2, 0.25) is 0 Å². The molecule has 1 saturated heterocycles. The Morgan fingerprint density at radius 1 is 0.689 bits per heavy atom. The Labute approximate surface area is 545 Å². The number of ether oxygens (including phenoxy) is 2. The molecule has 478 valence electrons. The van der Waals surface area contributed by atoms with Gasteiger partial charge < -0.3 is 24.8 Å². The van der Waals surface area contributed by atoms with Crippen molar-refractivity contribution >= 4 is 44.3 Å². The SMILES string of the molecule is C[C@@H]1CC[C@H](O)[C@]23[C@H](O)CC[C@@](C)([C@@H]4CC[C@]56CC7(CCCC7)[C@H]7C[C@]8(c9ccccc9)CCCC[C@@H]8c8ccc9cccc(c9c8[C@H]75)[C@@H]6C4)[C@@H]2[C@H]2C[C@](C)(C#CC[C@]4(CCCC[C@H]4CSSC[C@H](Cc4ccccc4)C1)C(=O)O2)[C@]3(O)CCC1=CC(=O)OC1. The molecule has 12 aliphatic rings. The van der Waals surface area contributed by atoms with Gasteiger partial charge >= 0.3 is 11.9 Å². The first-order valence-corrected chi connectivity index (χ1v) is 38.6. The van der Waals surface area contributed by atoms with E-state index in [1.165, 1.54) is 75.2 Å². The maximum Gasteiger partial charge on any atom is 0.331 e. The van der Waals surface area contributed by atoms with E-state index in [0.717, 1.165) is 81.3 Å². The number of esters is 2. The molecule has 3 spiro atoms. The van der Waals surface area contributed by atoms with Crippen LogP contribution < -0.4 is 0 Å². The molecule has 3 heterocycles. The minimum absolute atomic E-state index is 0.0729. The molecule has 9 aliphatic carbocycles. The third kappa shape index (κ3) is 9.03. The highest BCUT2D eigenvalue weighted by Crippen LogP contribution is 2.82. The molecule has 0 unspecified atom stereocenters. The van der Waals surface area contributed by atoms with Crippen LogP contribution in [0.25, 0.3) is 10.8 Å². The molecule has 19 atom stereocenters. The lowest BCUT2D eigenvalue weighted by Crippen LogP contribution is -2.79. The van der Waals surface area contributed by atoms with Crippen LogP contribution in [-0.2, 0) is 30.9 Å². The molecule has 9 heteroatoms. The van der Waals surface area contributed by atoms with Crippen LogP contribution in [0.4, 0.5) is 0 Å². The average molecular weight is 1250 g/mol. The first-order chi connectivity index (χ1) is 43.6. The van der Waals surface area contributed by atoms with Crippen LogP contribution in [0.3, 0.4) is 0 Å². The zero-order chi connectivity index (χ0) is 61.5. The lowest BCUT2D eigenvalue weighted by atomic mass is 9.34. The molecule has 7 saturated carbocycles. The van der Waals surface area contributed by atoms with E-state index >= 15 is 9.90 Å². The maximum atomic E-state index is 16.4. The van der Waals surface area contributed by atoms with Crippen LogP contribution in [0.1, 0.15) is 233 Å². The zero-order valence-corrected chi connectivity index (χ0v) is 55.8. The number of hydrogen-bond donors (Lipinski definition) is 3. The molecule has 4 aromatic carbocycles. The van der Waals surface area contributed by atoms with E-state index in [0.29, 0.717) is 68.1 Å². The molecule has 90 heavy (non-hydrogen) atoms. The Hall–Kier alpha value is -4.04. The Morgan fingerprint density at radius 2 is 1.44 bits per heavy atom. The minimum Gasteiger partial charge on any atom is -0.462 e. The smallest absolute Gasteiger partial charge is 0.331 e. The maximum absolute atomic E-state index is 16.4. The van der Waals surface area contributed by atoms with Gasteiger partial charge in [0.1, 0.15) is 12.7 Å². The first kappa shape index (κ1) is 60.9. The van der Waals surface area contributed by atoms with Gasteiger partial charge in [-0.25, -0.2) is 4.79 Å². The second-order valence-corrected chi connectivity index (χ2v) is 35.5. The topological polar surface area (TPSA) is 113 Å². The van der Waals surface area contributed by atoms with Gasteiger partial charge in [-0.3, -0.25) is 4.79 Å². The lowest BCUT2D eigenvalue weighted by molar-refractivity contribution is -0.340. The van der Waals surface area contributed by atoms with Crippen molar-refractivity contribution in [2.75, 3.05) is 18.1 Å². The summed E-state index contributed by atoms with van der Waals surface area (Å²) in [7, 11) is 3.91. The van der Waals surface area contributed by atoms with E-state index in [2.05, 4.69) is 124 Å². The minimum atomic E-state index is -1.77. The molecule has 3 N–H and O–H groups in total. The molecule has 16 rings (SSSR count). The fourth-order valence-corrected chi connectivity index (χ4v) is 28.3. The second-order valence-electron chi connectivity index (χ2n) is 33.0. The number of hydrogen-bond acceptors (Lipinski definition) is 9. The van der Waals surface area contributed by atoms with Crippen molar-refractivity contribution in [2.45, 2.75) is 241 Å². The van der Waals surface area contributed by atoms with E-state index in [1.807, 2.05) is 21.6 Å². The monoisotopic (exact) mass is 1250 g/mol. The van der Waals surface area contributed by atoms with Gasteiger partial charge in [0.05, 0.1) is 34.1 Å². The highest BCUT2D eigenvalue weighted by Gasteiger charge is 2.79. The van der Waals surface area contributed by atoms with Crippen molar-refractivity contribution in [1.29, 1.82) is 0 Å². The zero-order valence-electron chi connectivity index (χ0n) is 54.2. The predicted octanol–water partition coefficient (Wildman–Crippen LogP) is 17.5. The first-order valence-electron chi connectivity index (χ1n) is 36.2. The van der Waals surface area contributed by atoms with Crippen LogP contribution in [0, 0.1) is 79.8 Å². The second kappa shape index (κ2) is 22.8. The summed E-state index contributed by atoms with van der Waals surface area (Å²) in [5.41, 5.74) is 3.26. The largest absolute Gasteiger partial charge is 0.462 e. The van der Waals surface area contributed by atoms with E-state index in [-0.39, 0.29) is 59.0 Å². The Balaban J connectivity index is 0.861. The number of carbonyl (C=O) groups is 2. The molecule has 3 aliphatic heterocycles. The number of rotatable bonds is 7. The van der Waals surface area contributed by atoms with Crippen molar-refractivity contribution in [3.63, 3.8) is 0 Å². The van der Waals surface area contributed by atoms with E-state index in [4.69, 9.17) is 9.47 Å². The molecule has 8 fully saturated rings. The molecule has 0 radical (unpaired) electrons. The normalized spacial score (nSPS) is 43.4. The van der Waals surface area contributed by atoms with Gasteiger partial charge in [0, 0.05) is 41.8 Å². The number of cyclic esters (lactones) is 1. The Kier molecular flexibility index (Phi) is 15.4. The number of benzene rings is 4. The van der Waals surface area contributed by atoms with E-state index < -0.39 is 51.5 Å². The van der Waals surface area contributed by atoms with Gasteiger partial charge in [0.25, 0.3) is 0 Å². The quantitative estimate of drug-likeness (QED) is 0.0946. The summed E-state index contributed by atoms with van der Waals surface area (Å²) < 4.78 is 13.2. The van der Waals surface area contributed by atoms with Crippen molar-refractivity contribution < 1.29 is 34.4 Å². The van der Waals surface area contributed by atoms with Crippen molar-refractivity contribution in [2.24, 2.45) is 68.0 Å². The van der Waals surface area contributed by atoms with Gasteiger partial charge in [0.15, 0.2) is 0 Å². The third-order valence-corrected chi connectivity index (χ3v) is 31.8. The van der Waals surface area contributed by atoms with E-state index in [9.17, 15) is 15.0 Å². The average Bonchev–Trinajstić information content (AvgIpc) is 1.25. The predicted molar refractivity (Wildman–Crippen MR) is 362 cm³/mol. The number of fused-ring (bicyclic) bond motifs is 6. The molecule has 4 aromatic rings. The molecule has 7 nitrogen and oxygen atoms in total. The Bertz CT molecular complexity index is 3510. The number of aliphatic hydroxyl groups excluding tert-OH is 2. The standard InChI is InChI=1S/C81H100O7S2/c1-52-26-29-66(82)81-67(83)32-39-75(3,58-31-40-79-51-76(34-14-15-35-76)64-46-78(57-21-8-5-9-22-57)37-13-11-25-62(78)61-28-27-56-20-16-24-60(63(79)45-58)69(56)70(61)71(64)79)72(81)65-47-74(2,80(81,86)41-30-54-44-68(84)87-48-54)33-17-38-77(73(85)88-65)36-12-10-23-59(77)50-90-89-49-55(42-52)43-53-18-6-4-7-19-53/h4-9,16,18-22,24,27-28,44,52,55,58-59,62-67,71-72,82-83,86H,10-15,23,25-26,29-32,34-43,45-51H2,1-3H3/t52-,55+,58-,59+,62-,63+,64+,65-,66+,67-,71+,72+,74+,75+,77+,78+,79-,80-,81+/m1/s1.